The average molecular weight is 488 g/mol. The maximum Gasteiger partial charge on any atom is 0.191 e. The smallest absolute Gasteiger partial charge is 0.191 e. The Hall–Kier alpha value is -1.06. The minimum atomic E-state index is 0. The van der Waals surface area contributed by atoms with Gasteiger partial charge in [-0.2, -0.15) is 0 Å². The van der Waals surface area contributed by atoms with E-state index in [0.717, 1.165) is 37.9 Å². The lowest BCUT2D eigenvalue weighted by Gasteiger charge is -2.33. The predicted molar refractivity (Wildman–Crippen MR) is 120 cm³/mol. The molecular formula is C19H29IN4OS. The van der Waals surface area contributed by atoms with Crippen molar-refractivity contribution in [2.24, 2.45) is 4.99 Å². The number of piperidine rings is 1. The van der Waals surface area contributed by atoms with Gasteiger partial charge in [-0.15, -0.1) is 35.3 Å². The molecule has 1 saturated heterocycles. The summed E-state index contributed by atoms with van der Waals surface area (Å²) >= 11 is 1.78. The molecule has 0 aromatic carbocycles. The number of aliphatic imine (C=N–C) groups is 1. The minimum absolute atomic E-state index is 0. The third-order valence-corrected chi connectivity index (χ3v) is 5.80. The van der Waals surface area contributed by atoms with E-state index in [1.807, 2.05) is 13.1 Å². The maximum absolute atomic E-state index is 5.71. The number of guanidine groups is 1. The molecule has 2 N–H and O–H groups in total. The number of halogens is 1. The number of hydrogen-bond acceptors (Lipinski definition) is 4. The van der Waals surface area contributed by atoms with E-state index in [0.29, 0.717) is 0 Å². The van der Waals surface area contributed by atoms with Crippen molar-refractivity contribution in [2.75, 3.05) is 26.7 Å². The molecule has 3 heterocycles. The van der Waals surface area contributed by atoms with Crippen molar-refractivity contribution in [3.8, 4) is 0 Å². The highest BCUT2D eigenvalue weighted by Gasteiger charge is 2.24. The van der Waals surface area contributed by atoms with Crippen LogP contribution in [0.3, 0.4) is 0 Å². The summed E-state index contributed by atoms with van der Waals surface area (Å²) in [6.07, 6.45) is 5.63. The highest BCUT2D eigenvalue weighted by molar-refractivity contribution is 14.0. The lowest BCUT2D eigenvalue weighted by atomic mass is 10.1. The molecular weight excluding hydrogens is 459 g/mol. The zero-order valence-electron chi connectivity index (χ0n) is 15.5. The van der Waals surface area contributed by atoms with Crippen molar-refractivity contribution in [1.82, 2.24) is 15.5 Å². The second kappa shape index (κ2) is 10.9. The standard InChI is InChI=1S/C19H28N4OS.HI/c1-15-8-12-25-18(15)14-22-19(20-2)21-13-16(17-7-6-11-24-17)23-9-4-3-5-10-23;/h6-8,11-12,16H,3-5,9-10,13-14H2,1-2H3,(H2,20,21,22);1H. The highest BCUT2D eigenvalue weighted by atomic mass is 127. The van der Waals surface area contributed by atoms with Crippen LogP contribution < -0.4 is 10.6 Å². The number of thiophene rings is 1. The van der Waals surface area contributed by atoms with Crippen LogP contribution in [0, 0.1) is 6.92 Å². The Labute approximate surface area is 177 Å². The quantitative estimate of drug-likeness (QED) is 0.364. The Morgan fingerprint density at radius 1 is 1.27 bits per heavy atom. The summed E-state index contributed by atoms with van der Waals surface area (Å²) in [5.41, 5.74) is 1.33. The summed E-state index contributed by atoms with van der Waals surface area (Å²) in [6, 6.07) is 6.45. The number of nitrogens with one attached hydrogen (secondary N) is 2. The summed E-state index contributed by atoms with van der Waals surface area (Å²) in [5.74, 6) is 1.86. The molecule has 2 aromatic rings. The third-order valence-electron chi connectivity index (χ3n) is 4.77. The van der Waals surface area contributed by atoms with Crippen LogP contribution in [-0.2, 0) is 6.54 Å². The molecule has 2 aromatic heterocycles. The van der Waals surface area contributed by atoms with E-state index in [-0.39, 0.29) is 30.0 Å². The Kier molecular flexibility index (Phi) is 8.94. The van der Waals surface area contributed by atoms with Gasteiger partial charge in [-0.1, -0.05) is 6.42 Å². The molecule has 0 amide bonds. The van der Waals surface area contributed by atoms with Crippen LogP contribution in [0.5, 0.6) is 0 Å². The molecule has 1 aliphatic rings. The summed E-state index contributed by atoms with van der Waals surface area (Å²) in [7, 11) is 1.82. The minimum Gasteiger partial charge on any atom is -0.468 e. The first-order chi connectivity index (χ1) is 12.3. The summed E-state index contributed by atoms with van der Waals surface area (Å²) in [4.78, 5) is 8.23. The molecule has 1 unspecified atom stereocenters. The van der Waals surface area contributed by atoms with Gasteiger partial charge in [0.1, 0.15) is 5.76 Å². The van der Waals surface area contributed by atoms with Crippen LogP contribution in [0.1, 0.15) is 41.5 Å². The van der Waals surface area contributed by atoms with E-state index in [4.69, 9.17) is 4.42 Å². The first-order valence-corrected chi connectivity index (χ1v) is 9.91. The Balaban J connectivity index is 0.00000243. The molecule has 0 spiro atoms. The first-order valence-electron chi connectivity index (χ1n) is 9.03. The first kappa shape index (κ1) is 21.2. The van der Waals surface area contributed by atoms with Crippen LogP contribution in [0.15, 0.2) is 39.3 Å². The molecule has 7 heteroatoms. The average Bonchev–Trinajstić information content (AvgIpc) is 3.31. The van der Waals surface area contributed by atoms with Crippen molar-refractivity contribution in [1.29, 1.82) is 0 Å². The molecule has 1 atom stereocenters. The van der Waals surface area contributed by atoms with E-state index >= 15 is 0 Å². The van der Waals surface area contributed by atoms with Gasteiger partial charge in [0.05, 0.1) is 18.8 Å². The monoisotopic (exact) mass is 488 g/mol. The summed E-state index contributed by atoms with van der Waals surface area (Å²) in [6.45, 7) is 6.00. The van der Waals surface area contributed by atoms with Gasteiger partial charge in [0, 0.05) is 18.5 Å². The summed E-state index contributed by atoms with van der Waals surface area (Å²) in [5, 5.41) is 9.03. The van der Waals surface area contributed by atoms with Crippen molar-refractivity contribution in [3.63, 3.8) is 0 Å². The lowest BCUT2D eigenvalue weighted by molar-refractivity contribution is 0.146. The van der Waals surface area contributed by atoms with Gasteiger partial charge in [0.15, 0.2) is 5.96 Å². The van der Waals surface area contributed by atoms with Gasteiger partial charge in [-0.3, -0.25) is 9.89 Å². The zero-order chi connectivity index (χ0) is 17.5. The van der Waals surface area contributed by atoms with Crippen LogP contribution in [-0.4, -0.2) is 37.5 Å². The van der Waals surface area contributed by atoms with Crippen LogP contribution in [0.25, 0.3) is 0 Å². The molecule has 26 heavy (non-hydrogen) atoms. The third kappa shape index (κ3) is 5.72. The number of aryl methyl sites for hydroxylation is 1. The van der Waals surface area contributed by atoms with Gasteiger partial charge in [0.25, 0.3) is 0 Å². The van der Waals surface area contributed by atoms with Crippen LogP contribution >= 0.6 is 35.3 Å². The lowest BCUT2D eigenvalue weighted by Crippen LogP contribution is -2.44. The van der Waals surface area contributed by atoms with Crippen molar-refractivity contribution < 1.29 is 4.42 Å². The van der Waals surface area contributed by atoms with Gasteiger partial charge in [-0.25, -0.2) is 0 Å². The molecule has 1 aliphatic heterocycles. The largest absolute Gasteiger partial charge is 0.468 e. The number of nitrogens with zero attached hydrogens (tertiary/aromatic N) is 2. The Morgan fingerprint density at radius 2 is 2.08 bits per heavy atom. The van der Waals surface area contributed by atoms with Crippen molar-refractivity contribution in [3.05, 3.63) is 46.0 Å². The second-order valence-corrected chi connectivity index (χ2v) is 7.46. The molecule has 3 rings (SSSR count). The summed E-state index contributed by atoms with van der Waals surface area (Å²) < 4.78 is 5.71. The number of rotatable bonds is 6. The van der Waals surface area contributed by atoms with Crippen molar-refractivity contribution >= 4 is 41.3 Å². The molecule has 0 saturated carbocycles. The molecule has 0 radical (unpaired) electrons. The van der Waals surface area contributed by atoms with E-state index in [1.54, 1.807) is 17.6 Å². The van der Waals surface area contributed by atoms with Crippen LogP contribution in [0.2, 0.25) is 0 Å². The fourth-order valence-electron chi connectivity index (χ4n) is 3.28. The molecule has 5 nitrogen and oxygen atoms in total. The van der Waals surface area contributed by atoms with E-state index < -0.39 is 0 Å². The van der Waals surface area contributed by atoms with Gasteiger partial charge in [0.2, 0.25) is 0 Å². The zero-order valence-corrected chi connectivity index (χ0v) is 18.7. The number of hydrogen-bond donors (Lipinski definition) is 2. The van der Waals surface area contributed by atoms with Gasteiger partial charge >= 0.3 is 0 Å². The Morgan fingerprint density at radius 3 is 2.69 bits per heavy atom. The second-order valence-electron chi connectivity index (χ2n) is 6.46. The van der Waals surface area contributed by atoms with Gasteiger partial charge < -0.3 is 15.1 Å². The fraction of sp³-hybridized carbons (Fsp3) is 0.526. The van der Waals surface area contributed by atoms with E-state index in [2.05, 4.69) is 45.0 Å². The van der Waals surface area contributed by atoms with Crippen molar-refractivity contribution in [2.45, 2.75) is 38.8 Å². The van der Waals surface area contributed by atoms with E-state index in [9.17, 15) is 0 Å². The molecule has 1 fully saturated rings. The molecule has 144 valence electrons. The topological polar surface area (TPSA) is 52.8 Å². The van der Waals surface area contributed by atoms with Gasteiger partial charge in [-0.05, 0) is 62.0 Å². The highest BCUT2D eigenvalue weighted by Crippen LogP contribution is 2.24. The maximum atomic E-state index is 5.71. The number of furan rings is 1. The molecule has 0 aliphatic carbocycles. The fourth-order valence-corrected chi connectivity index (χ4v) is 4.13. The molecule has 0 bridgehead atoms. The SMILES string of the molecule is CN=C(NCc1sccc1C)NCC(c1ccco1)N1CCCCC1.I. The van der Waals surface area contributed by atoms with E-state index in [1.165, 1.54) is 29.7 Å². The Bertz CT molecular complexity index is 665. The number of likely N-dealkylation sites (tertiary alicyclic amines) is 1. The van der Waals surface area contributed by atoms with Crippen LogP contribution in [0.4, 0.5) is 0 Å². The normalized spacial score (nSPS) is 16.8. The predicted octanol–water partition coefficient (Wildman–Crippen LogP) is 4.16.